The third kappa shape index (κ3) is 2.51. The summed E-state index contributed by atoms with van der Waals surface area (Å²) in [7, 11) is 0. The zero-order valence-corrected chi connectivity index (χ0v) is 7.40. The quantitative estimate of drug-likeness (QED) is 0.559. The molecular weight excluding hydrogens is 134 g/mol. The Morgan fingerprint density at radius 1 is 1.27 bits per heavy atom. The standard InChI is InChI=1S/C10H17N/c1-9(2)10(3)8-11-6-4-5-7-11/h1,3-8H2,2H3. The average molecular weight is 151 g/mol. The molecule has 1 heterocycles. The molecule has 1 nitrogen and oxygen atoms in total. The summed E-state index contributed by atoms with van der Waals surface area (Å²) >= 11 is 0. The number of nitrogens with zero attached hydrogens (tertiary/aromatic N) is 1. The van der Waals surface area contributed by atoms with Gasteiger partial charge in [0, 0.05) is 6.54 Å². The van der Waals surface area contributed by atoms with Gasteiger partial charge in [0.25, 0.3) is 0 Å². The summed E-state index contributed by atoms with van der Waals surface area (Å²) < 4.78 is 0. The van der Waals surface area contributed by atoms with Crippen LogP contribution in [0, 0.1) is 0 Å². The van der Waals surface area contributed by atoms with Crippen molar-refractivity contribution in [3.63, 3.8) is 0 Å². The van der Waals surface area contributed by atoms with Gasteiger partial charge in [-0.05, 0) is 38.4 Å². The Kier molecular flexibility index (Phi) is 2.89. The van der Waals surface area contributed by atoms with E-state index in [0.717, 1.165) is 12.1 Å². The summed E-state index contributed by atoms with van der Waals surface area (Å²) in [4.78, 5) is 2.44. The van der Waals surface area contributed by atoms with E-state index in [1.54, 1.807) is 0 Å². The molecule has 1 fully saturated rings. The predicted octanol–water partition coefficient (Wildman–Crippen LogP) is 2.21. The minimum Gasteiger partial charge on any atom is -0.299 e. The molecule has 0 atom stereocenters. The fourth-order valence-corrected chi connectivity index (χ4v) is 1.35. The van der Waals surface area contributed by atoms with Gasteiger partial charge in [-0.15, -0.1) is 0 Å². The Labute approximate surface area is 69.4 Å². The van der Waals surface area contributed by atoms with E-state index in [1.807, 2.05) is 6.92 Å². The van der Waals surface area contributed by atoms with E-state index < -0.39 is 0 Å². The van der Waals surface area contributed by atoms with Gasteiger partial charge in [-0.25, -0.2) is 0 Å². The molecule has 0 radical (unpaired) electrons. The Hall–Kier alpha value is -0.560. The van der Waals surface area contributed by atoms with Crippen molar-refractivity contribution in [1.82, 2.24) is 4.90 Å². The zero-order chi connectivity index (χ0) is 8.27. The highest BCUT2D eigenvalue weighted by atomic mass is 15.1. The Balaban J connectivity index is 2.29. The van der Waals surface area contributed by atoms with Crippen molar-refractivity contribution in [2.45, 2.75) is 19.8 Å². The maximum Gasteiger partial charge on any atom is 0.0230 e. The number of rotatable bonds is 3. The van der Waals surface area contributed by atoms with Gasteiger partial charge < -0.3 is 0 Å². The number of likely N-dealkylation sites (tertiary alicyclic amines) is 1. The van der Waals surface area contributed by atoms with Gasteiger partial charge in [0.2, 0.25) is 0 Å². The van der Waals surface area contributed by atoms with Crippen molar-refractivity contribution in [1.29, 1.82) is 0 Å². The minimum absolute atomic E-state index is 1.02. The van der Waals surface area contributed by atoms with Crippen molar-refractivity contribution in [2.24, 2.45) is 0 Å². The van der Waals surface area contributed by atoms with Crippen molar-refractivity contribution < 1.29 is 0 Å². The molecule has 0 aromatic rings. The first-order valence-electron chi connectivity index (χ1n) is 4.26. The monoisotopic (exact) mass is 151 g/mol. The topological polar surface area (TPSA) is 3.24 Å². The lowest BCUT2D eigenvalue weighted by atomic mass is 10.1. The molecule has 1 aliphatic heterocycles. The smallest absolute Gasteiger partial charge is 0.0230 e. The lowest BCUT2D eigenvalue weighted by Gasteiger charge is -2.15. The fraction of sp³-hybridized carbons (Fsp3) is 0.600. The highest BCUT2D eigenvalue weighted by Crippen LogP contribution is 2.12. The second-order valence-corrected chi connectivity index (χ2v) is 3.37. The van der Waals surface area contributed by atoms with Crippen LogP contribution in [0.3, 0.4) is 0 Å². The molecule has 0 bridgehead atoms. The SMILES string of the molecule is C=C(C)C(=C)CN1CCCC1. The second kappa shape index (κ2) is 3.72. The Bertz CT molecular complexity index is 164. The van der Waals surface area contributed by atoms with Crippen LogP contribution in [0.4, 0.5) is 0 Å². The van der Waals surface area contributed by atoms with E-state index in [9.17, 15) is 0 Å². The van der Waals surface area contributed by atoms with Crippen LogP contribution in [0.5, 0.6) is 0 Å². The minimum atomic E-state index is 1.02. The first-order chi connectivity index (χ1) is 5.20. The maximum absolute atomic E-state index is 3.98. The van der Waals surface area contributed by atoms with Crippen LogP contribution in [0.2, 0.25) is 0 Å². The van der Waals surface area contributed by atoms with Crippen molar-refractivity contribution in [2.75, 3.05) is 19.6 Å². The molecule has 0 saturated carbocycles. The molecule has 1 heteroatoms. The summed E-state index contributed by atoms with van der Waals surface area (Å²) in [5.74, 6) is 0. The van der Waals surface area contributed by atoms with Crippen LogP contribution in [-0.2, 0) is 0 Å². The van der Waals surface area contributed by atoms with Crippen LogP contribution < -0.4 is 0 Å². The molecule has 0 aromatic heterocycles. The average Bonchev–Trinajstić information content (AvgIpc) is 2.39. The highest BCUT2D eigenvalue weighted by molar-refractivity contribution is 5.24. The largest absolute Gasteiger partial charge is 0.299 e. The third-order valence-electron chi connectivity index (χ3n) is 2.22. The van der Waals surface area contributed by atoms with Gasteiger partial charge in [-0.1, -0.05) is 18.7 Å². The molecule has 1 aliphatic rings. The lowest BCUT2D eigenvalue weighted by molar-refractivity contribution is 0.370. The van der Waals surface area contributed by atoms with E-state index in [2.05, 4.69) is 18.1 Å². The van der Waals surface area contributed by atoms with E-state index in [1.165, 1.54) is 31.5 Å². The summed E-state index contributed by atoms with van der Waals surface area (Å²) in [6, 6.07) is 0. The van der Waals surface area contributed by atoms with Crippen LogP contribution >= 0.6 is 0 Å². The normalized spacial score (nSPS) is 18.6. The molecule has 62 valence electrons. The number of hydrogen-bond acceptors (Lipinski definition) is 1. The second-order valence-electron chi connectivity index (χ2n) is 3.37. The van der Waals surface area contributed by atoms with Gasteiger partial charge in [0.1, 0.15) is 0 Å². The molecular formula is C10H17N. The molecule has 1 saturated heterocycles. The summed E-state index contributed by atoms with van der Waals surface area (Å²) in [5.41, 5.74) is 2.31. The molecule has 0 N–H and O–H groups in total. The van der Waals surface area contributed by atoms with E-state index >= 15 is 0 Å². The van der Waals surface area contributed by atoms with Gasteiger partial charge in [0.05, 0.1) is 0 Å². The van der Waals surface area contributed by atoms with Gasteiger partial charge >= 0.3 is 0 Å². The van der Waals surface area contributed by atoms with Crippen LogP contribution in [-0.4, -0.2) is 24.5 Å². The highest BCUT2D eigenvalue weighted by Gasteiger charge is 2.11. The molecule has 1 rings (SSSR count). The van der Waals surface area contributed by atoms with Crippen molar-refractivity contribution in [3.8, 4) is 0 Å². The number of hydrogen-bond donors (Lipinski definition) is 0. The van der Waals surface area contributed by atoms with Crippen LogP contribution in [0.25, 0.3) is 0 Å². The summed E-state index contributed by atoms with van der Waals surface area (Å²) in [6.07, 6.45) is 2.70. The van der Waals surface area contributed by atoms with E-state index in [-0.39, 0.29) is 0 Å². The fourth-order valence-electron chi connectivity index (χ4n) is 1.35. The summed E-state index contributed by atoms with van der Waals surface area (Å²) in [6.45, 7) is 13.4. The maximum atomic E-state index is 3.98. The van der Waals surface area contributed by atoms with Gasteiger partial charge in [0.15, 0.2) is 0 Å². The lowest BCUT2D eigenvalue weighted by Crippen LogP contribution is -2.21. The van der Waals surface area contributed by atoms with E-state index in [4.69, 9.17) is 0 Å². The third-order valence-corrected chi connectivity index (χ3v) is 2.22. The Morgan fingerprint density at radius 2 is 1.82 bits per heavy atom. The van der Waals surface area contributed by atoms with Crippen LogP contribution in [0.1, 0.15) is 19.8 Å². The first-order valence-corrected chi connectivity index (χ1v) is 4.26. The summed E-state index contributed by atoms with van der Waals surface area (Å²) in [5, 5.41) is 0. The van der Waals surface area contributed by atoms with Gasteiger partial charge in [-0.3, -0.25) is 4.90 Å². The molecule has 11 heavy (non-hydrogen) atoms. The van der Waals surface area contributed by atoms with Crippen LogP contribution in [0.15, 0.2) is 24.3 Å². The Morgan fingerprint density at radius 3 is 2.27 bits per heavy atom. The molecule has 0 aromatic carbocycles. The predicted molar refractivity (Wildman–Crippen MR) is 49.6 cm³/mol. The molecule has 0 aliphatic carbocycles. The molecule has 0 spiro atoms. The van der Waals surface area contributed by atoms with Gasteiger partial charge in [-0.2, -0.15) is 0 Å². The molecule has 0 amide bonds. The first kappa shape index (κ1) is 8.54. The van der Waals surface area contributed by atoms with Crippen molar-refractivity contribution in [3.05, 3.63) is 24.3 Å². The van der Waals surface area contributed by atoms with E-state index in [0.29, 0.717) is 0 Å². The molecule has 0 unspecified atom stereocenters. The van der Waals surface area contributed by atoms with Crippen molar-refractivity contribution >= 4 is 0 Å². The zero-order valence-electron chi connectivity index (χ0n) is 7.40.